The first-order chi connectivity index (χ1) is 14.8. The molecule has 5 rings (SSSR count). The van der Waals surface area contributed by atoms with Gasteiger partial charge in [0.2, 0.25) is 0 Å². The van der Waals surface area contributed by atoms with E-state index < -0.39 is 11.6 Å². The van der Waals surface area contributed by atoms with E-state index in [1.54, 1.807) is 30.5 Å². The van der Waals surface area contributed by atoms with Crippen LogP contribution < -0.4 is 10.9 Å². The number of aryl methyl sites for hydroxylation is 1. The van der Waals surface area contributed by atoms with Crippen LogP contribution in [0, 0.1) is 12.7 Å². The molecule has 0 radical (unpaired) electrons. The molecule has 1 atom stereocenters. The number of aromatic nitrogens is 2. The number of hydrogen-bond acceptors (Lipinski definition) is 6. The van der Waals surface area contributed by atoms with Crippen LogP contribution in [0.25, 0.3) is 22.3 Å². The molecule has 0 saturated carbocycles. The lowest BCUT2D eigenvalue weighted by molar-refractivity contribution is -0.172. The van der Waals surface area contributed by atoms with Crippen LogP contribution in [0.4, 0.5) is 4.39 Å². The highest BCUT2D eigenvalue weighted by Gasteiger charge is 2.45. The summed E-state index contributed by atoms with van der Waals surface area (Å²) in [5.74, 6) is -1.11. The van der Waals surface area contributed by atoms with E-state index in [9.17, 15) is 19.1 Å². The van der Waals surface area contributed by atoms with Gasteiger partial charge in [-0.05, 0) is 43.7 Å². The molecule has 4 heterocycles. The number of nitrogens with zero attached hydrogens (tertiary/aromatic N) is 2. The monoisotopic (exact) mass is 423 g/mol. The minimum absolute atomic E-state index is 0.0786. The number of cyclic esters (lactones) is 1. The zero-order valence-corrected chi connectivity index (χ0v) is 17.5. The molecule has 160 valence electrons. The number of fused-ring (bicyclic) bond motifs is 5. The zero-order valence-electron chi connectivity index (χ0n) is 17.5. The number of halogens is 1. The molecule has 0 unspecified atom stereocenters. The summed E-state index contributed by atoms with van der Waals surface area (Å²) in [5, 5.41) is 15.0. The standard InChI is InChI=1S/C23H22FN3O4/c1-4-23(30)16-6-19-20-14(9-27(19)21(28)15(16)10-31-22(23)29)13(8-25-3)12-5-11(2)17(24)7-18(12)26-20/h5-7,25,30H,4,8-10H2,1-3H3/t23-/m0/s1. The number of ether oxygens (including phenoxy) is 1. The van der Waals surface area contributed by atoms with Crippen LogP contribution in [0.1, 0.15) is 41.2 Å². The fourth-order valence-electron chi connectivity index (χ4n) is 4.67. The zero-order chi connectivity index (χ0) is 22.1. The Kier molecular flexibility index (Phi) is 4.29. The molecule has 0 fully saturated rings. The fourth-order valence-corrected chi connectivity index (χ4v) is 4.67. The maximum Gasteiger partial charge on any atom is 0.343 e. The fraction of sp³-hybridized carbons (Fsp3) is 0.348. The molecule has 2 aromatic heterocycles. The summed E-state index contributed by atoms with van der Waals surface area (Å²) in [4.78, 5) is 30.3. The van der Waals surface area contributed by atoms with Gasteiger partial charge in [0.25, 0.3) is 5.56 Å². The molecule has 0 aliphatic carbocycles. The third-order valence-electron chi connectivity index (χ3n) is 6.44. The highest BCUT2D eigenvalue weighted by atomic mass is 19.1. The van der Waals surface area contributed by atoms with Crippen LogP contribution >= 0.6 is 0 Å². The number of rotatable bonds is 3. The van der Waals surface area contributed by atoms with Crippen molar-refractivity contribution in [3.63, 3.8) is 0 Å². The maximum absolute atomic E-state index is 14.3. The highest BCUT2D eigenvalue weighted by molar-refractivity contribution is 5.89. The molecule has 31 heavy (non-hydrogen) atoms. The number of aliphatic hydroxyl groups is 1. The van der Waals surface area contributed by atoms with E-state index in [0.717, 1.165) is 16.5 Å². The van der Waals surface area contributed by atoms with E-state index >= 15 is 0 Å². The Balaban J connectivity index is 1.84. The van der Waals surface area contributed by atoms with Crippen LogP contribution in [0.5, 0.6) is 0 Å². The molecule has 0 amide bonds. The molecule has 0 bridgehead atoms. The van der Waals surface area contributed by atoms with Crippen LogP contribution in [0.3, 0.4) is 0 Å². The van der Waals surface area contributed by atoms with Gasteiger partial charge in [0.05, 0.1) is 29.0 Å². The Bertz CT molecular complexity index is 1350. The normalized spacial score (nSPS) is 19.2. The lowest BCUT2D eigenvalue weighted by atomic mass is 9.86. The first-order valence-corrected chi connectivity index (χ1v) is 10.2. The number of nitrogens with one attached hydrogen (secondary N) is 1. The second kappa shape index (κ2) is 6.70. The molecular formula is C23H22FN3O4. The molecule has 2 aliphatic rings. The Morgan fingerprint density at radius 2 is 2.06 bits per heavy atom. The SMILES string of the molecule is CC[C@@]1(O)C(=O)OCc2c1cc1n(c2=O)Cc2c-1nc1cc(F)c(C)cc1c2CNC. The summed E-state index contributed by atoms with van der Waals surface area (Å²) in [5.41, 5.74) is 2.28. The van der Waals surface area contributed by atoms with Crippen molar-refractivity contribution in [2.24, 2.45) is 0 Å². The molecular weight excluding hydrogens is 401 g/mol. The molecule has 8 heteroatoms. The first-order valence-electron chi connectivity index (χ1n) is 10.2. The van der Waals surface area contributed by atoms with Gasteiger partial charge in [-0.1, -0.05) is 6.92 Å². The van der Waals surface area contributed by atoms with Crippen molar-refractivity contribution >= 4 is 16.9 Å². The summed E-state index contributed by atoms with van der Waals surface area (Å²) in [6, 6.07) is 4.85. The Labute approximate surface area is 177 Å². The molecule has 0 saturated heterocycles. The summed E-state index contributed by atoms with van der Waals surface area (Å²) in [6.45, 7) is 4.04. The predicted molar refractivity (Wildman–Crippen MR) is 112 cm³/mol. The molecule has 1 aromatic carbocycles. The third-order valence-corrected chi connectivity index (χ3v) is 6.44. The molecule has 3 aromatic rings. The largest absolute Gasteiger partial charge is 0.458 e. The topological polar surface area (TPSA) is 93.5 Å². The van der Waals surface area contributed by atoms with Gasteiger partial charge in [-0.15, -0.1) is 0 Å². The van der Waals surface area contributed by atoms with Crippen molar-refractivity contribution in [3.05, 3.63) is 62.2 Å². The van der Waals surface area contributed by atoms with Crippen molar-refractivity contribution in [3.8, 4) is 11.4 Å². The van der Waals surface area contributed by atoms with Gasteiger partial charge in [-0.3, -0.25) is 4.79 Å². The lowest BCUT2D eigenvalue weighted by Gasteiger charge is -2.31. The maximum atomic E-state index is 14.3. The average Bonchev–Trinajstić information content (AvgIpc) is 3.11. The molecule has 2 N–H and O–H groups in total. The van der Waals surface area contributed by atoms with Gasteiger partial charge in [0.15, 0.2) is 5.60 Å². The van der Waals surface area contributed by atoms with Crippen LogP contribution in [0.2, 0.25) is 0 Å². The Morgan fingerprint density at radius 3 is 2.77 bits per heavy atom. The number of hydrogen-bond donors (Lipinski definition) is 2. The Hall–Kier alpha value is -3.10. The van der Waals surface area contributed by atoms with E-state index in [1.807, 2.05) is 7.05 Å². The first kappa shape index (κ1) is 19.8. The Morgan fingerprint density at radius 1 is 1.29 bits per heavy atom. The van der Waals surface area contributed by atoms with E-state index in [-0.39, 0.29) is 35.5 Å². The van der Waals surface area contributed by atoms with Crippen molar-refractivity contribution in [1.29, 1.82) is 0 Å². The van der Waals surface area contributed by atoms with Gasteiger partial charge < -0.3 is 19.7 Å². The van der Waals surface area contributed by atoms with Crippen LogP contribution in [0.15, 0.2) is 23.0 Å². The van der Waals surface area contributed by atoms with Crippen LogP contribution in [-0.4, -0.2) is 27.7 Å². The van der Waals surface area contributed by atoms with E-state index in [4.69, 9.17) is 9.72 Å². The van der Waals surface area contributed by atoms with Gasteiger partial charge in [-0.25, -0.2) is 14.2 Å². The number of pyridine rings is 2. The average molecular weight is 423 g/mol. The van der Waals surface area contributed by atoms with Gasteiger partial charge in [0, 0.05) is 29.1 Å². The summed E-state index contributed by atoms with van der Waals surface area (Å²) in [6.07, 6.45) is 0.0786. The molecule has 7 nitrogen and oxygen atoms in total. The van der Waals surface area contributed by atoms with Gasteiger partial charge in [0.1, 0.15) is 12.4 Å². The van der Waals surface area contributed by atoms with Crippen molar-refractivity contribution < 1.29 is 19.0 Å². The van der Waals surface area contributed by atoms with Crippen molar-refractivity contribution in [1.82, 2.24) is 14.9 Å². The second-order valence-corrected chi connectivity index (χ2v) is 8.17. The van der Waals surface area contributed by atoms with Gasteiger partial charge >= 0.3 is 5.97 Å². The van der Waals surface area contributed by atoms with E-state index in [1.165, 1.54) is 6.07 Å². The highest BCUT2D eigenvalue weighted by Crippen LogP contribution is 2.40. The number of benzene rings is 1. The second-order valence-electron chi connectivity index (χ2n) is 8.17. The van der Waals surface area contributed by atoms with Crippen molar-refractivity contribution in [2.75, 3.05) is 7.05 Å². The van der Waals surface area contributed by atoms with Crippen LogP contribution in [-0.2, 0) is 34.8 Å². The summed E-state index contributed by atoms with van der Waals surface area (Å²) >= 11 is 0. The van der Waals surface area contributed by atoms with Gasteiger partial charge in [-0.2, -0.15) is 0 Å². The van der Waals surface area contributed by atoms with E-state index in [2.05, 4.69) is 5.32 Å². The number of carbonyl (C=O) groups is 1. The summed E-state index contributed by atoms with van der Waals surface area (Å²) < 4.78 is 21.0. The third kappa shape index (κ3) is 2.61. The minimum Gasteiger partial charge on any atom is -0.458 e. The summed E-state index contributed by atoms with van der Waals surface area (Å²) in [7, 11) is 1.83. The number of carbonyl (C=O) groups excluding carboxylic acids is 1. The van der Waals surface area contributed by atoms with E-state index in [0.29, 0.717) is 35.6 Å². The number of esters is 1. The molecule has 0 spiro atoms. The predicted octanol–water partition coefficient (Wildman–Crippen LogP) is 2.25. The smallest absolute Gasteiger partial charge is 0.343 e. The van der Waals surface area contributed by atoms with Crippen molar-refractivity contribution in [2.45, 2.75) is 45.6 Å². The lowest BCUT2D eigenvalue weighted by Crippen LogP contribution is -2.44. The molecule has 2 aliphatic heterocycles. The minimum atomic E-state index is -1.88. The quantitative estimate of drug-likeness (QED) is 0.491.